The average Bonchev–Trinajstić information content (AvgIpc) is 3.58. The Morgan fingerprint density at radius 3 is 2.33 bits per heavy atom. The third-order valence-corrected chi connectivity index (χ3v) is 10.3. The molecule has 3 aliphatic rings. The maximum absolute atomic E-state index is 13.4. The number of hydrogen-bond acceptors (Lipinski definition) is 5. The van der Waals surface area contributed by atoms with Crippen LogP contribution in [0, 0.1) is 0 Å². The number of carbonyl (C=O) groups is 3. The molecule has 1 spiro atoms. The molecule has 1 aliphatic carbocycles. The Labute approximate surface area is 275 Å². The molecule has 2 aliphatic heterocycles. The summed E-state index contributed by atoms with van der Waals surface area (Å²) in [7, 11) is 0. The van der Waals surface area contributed by atoms with Gasteiger partial charge in [-0.15, -0.1) is 0 Å². The predicted octanol–water partition coefficient (Wildman–Crippen LogP) is 7.07. The van der Waals surface area contributed by atoms with E-state index in [0.717, 1.165) is 55.5 Å². The van der Waals surface area contributed by atoms with Crippen molar-refractivity contribution in [3.8, 4) is 0 Å². The van der Waals surface area contributed by atoms with E-state index in [1.54, 1.807) is 6.20 Å². The zero-order valence-corrected chi connectivity index (χ0v) is 28.0. The lowest BCUT2D eigenvalue weighted by molar-refractivity contribution is -0.137. The topological polar surface area (TPSA) is 103 Å². The molecule has 250 valence electrons. The van der Waals surface area contributed by atoms with Gasteiger partial charge in [0.15, 0.2) is 0 Å². The van der Waals surface area contributed by atoms with E-state index in [4.69, 9.17) is 0 Å². The number of aromatic nitrogens is 1. The number of nitrogens with one attached hydrogen (secondary N) is 3. The van der Waals surface area contributed by atoms with Crippen LogP contribution in [0.25, 0.3) is 0 Å². The van der Waals surface area contributed by atoms with Crippen LogP contribution in [0.2, 0.25) is 0 Å². The minimum atomic E-state index is -0.640. The number of nitrogens with zero attached hydrogens (tertiary/aromatic N) is 2. The Morgan fingerprint density at radius 2 is 1.63 bits per heavy atom. The van der Waals surface area contributed by atoms with Crippen LogP contribution in [0.15, 0.2) is 36.5 Å². The molecule has 0 unspecified atom stereocenters. The summed E-state index contributed by atoms with van der Waals surface area (Å²) in [4.78, 5) is 46.0. The molecule has 46 heavy (non-hydrogen) atoms. The van der Waals surface area contributed by atoms with E-state index in [2.05, 4.69) is 27.9 Å². The van der Waals surface area contributed by atoms with Crippen molar-refractivity contribution in [2.24, 2.45) is 0 Å². The van der Waals surface area contributed by atoms with Crippen LogP contribution in [-0.2, 0) is 32.6 Å². The van der Waals surface area contributed by atoms with Gasteiger partial charge in [0.1, 0.15) is 12.4 Å². The van der Waals surface area contributed by atoms with Crippen molar-refractivity contribution in [1.82, 2.24) is 15.2 Å². The summed E-state index contributed by atoms with van der Waals surface area (Å²) in [5, 5.41) is 9.42. The number of anilines is 2. The molecule has 8 heteroatoms. The van der Waals surface area contributed by atoms with Crippen molar-refractivity contribution < 1.29 is 14.4 Å². The van der Waals surface area contributed by atoms with Gasteiger partial charge in [-0.05, 0) is 68.0 Å². The first-order valence-electron chi connectivity index (χ1n) is 18.2. The second kappa shape index (κ2) is 17.1. The Kier molecular flexibility index (Phi) is 12.6. The predicted molar refractivity (Wildman–Crippen MR) is 185 cm³/mol. The molecule has 3 heterocycles. The molecule has 0 saturated carbocycles. The highest BCUT2D eigenvalue weighted by atomic mass is 16.2. The summed E-state index contributed by atoms with van der Waals surface area (Å²) in [5.74, 6) is 0.545. The minimum absolute atomic E-state index is 0.0123. The van der Waals surface area contributed by atoms with Crippen molar-refractivity contribution >= 4 is 29.2 Å². The molecule has 0 bridgehead atoms. The fourth-order valence-electron chi connectivity index (χ4n) is 7.66. The first kappa shape index (κ1) is 34.1. The van der Waals surface area contributed by atoms with Crippen molar-refractivity contribution in [2.45, 2.75) is 134 Å². The number of rotatable bonds is 18. The smallest absolute Gasteiger partial charge is 0.244 e. The van der Waals surface area contributed by atoms with E-state index < -0.39 is 5.41 Å². The van der Waals surface area contributed by atoms with Crippen molar-refractivity contribution in [3.63, 3.8) is 0 Å². The zero-order chi connectivity index (χ0) is 32.2. The van der Waals surface area contributed by atoms with Crippen LogP contribution in [0.5, 0.6) is 0 Å². The van der Waals surface area contributed by atoms with Crippen LogP contribution in [-0.4, -0.2) is 53.3 Å². The molecule has 8 nitrogen and oxygen atoms in total. The van der Waals surface area contributed by atoms with E-state index in [0.29, 0.717) is 30.8 Å². The fourth-order valence-corrected chi connectivity index (χ4v) is 7.66. The lowest BCUT2D eigenvalue weighted by Gasteiger charge is -2.34. The maximum Gasteiger partial charge on any atom is 0.244 e. The van der Waals surface area contributed by atoms with Crippen molar-refractivity contribution in [1.29, 1.82) is 0 Å². The van der Waals surface area contributed by atoms with E-state index >= 15 is 0 Å². The van der Waals surface area contributed by atoms with Gasteiger partial charge in [0.25, 0.3) is 0 Å². The Morgan fingerprint density at radius 1 is 0.935 bits per heavy atom. The largest absolute Gasteiger partial charge is 0.329 e. The molecule has 2 atom stereocenters. The summed E-state index contributed by atoms with van der Waals surface area (Å²) >= 11 is 0. The van der Waals surface area contributed by atoms with Gasteiger partial charge in [0.2, 0.25) is 17.7 Å². The molecule has 1 aromatic heterocycles. The van der Waals surface area contributed by atoms with Crippen molar-refractivity contribution in [3.05, 3.63) is 53.2 Å². The average molecular weight is 630 g/mol. The lowest BCUT2D eigenvalue weighted by Crippen LogP contribution is -2.51. The van der Waals surface area contributed by atoms with Crippen LogP contribution in [0.3, 0.4) is 0 Å². The molecule has 0 radical (unpaired) electrons. The summed E-state index contributed by atoms with van der Waals surface area (Å²) in [6.45, 7) is 4.02. The molecule has 1 saturated heterocycles. The van der Waals surface area contributed by atoms with Crippen molar-refractivity contribution in [2.75, 3.05) is 30.3 Å². The Hall–Kier alpha value is -3.26. The number of unbranched alkanes of at least 4 members (excludes halogenated alkanes) is 12. The van der Waals surface area contributed by atoms with Crippen LogP contribution in [0.4, 0.5) is 11.5 Å². The molecule has 3 amide bonds. The molecule has 3 N–H and O–H groups in total. The number of fused-ring (bicyclic) bond motifs is 3. The van der Waals surface area contributed by atoms with Gasteiger partial charge in [-0.1, -0.05) is 96.1 Å². The number of piperidine rings is 1. The number of carbonyl (C=O) groups excluding carboxylic acids is 3. The van der Waals surface area contributed by atoms with Gasteiger partial charge < -0.3 is 20.9 Å². The Balaban J connectivity index is 1.07. The van der Waals surface area contributed by atoms with Gasteiger partial charge >= 0.3 is 0 Å². The van der Waals surface area contributed by atoms with Gasteiger partial charge in [0.05, 0.1) is 5.41 Å². The SMILES string of the molecule is CCCCCCCCCCCCCCCC(=O)N(CC(=O)Nc1ccc2c(c1)C[C@@]1(C2)C(=O)Nc2ncccc21)[C@@H]1CCCNC1. The molecule has 5 rings (SSSR count). The third kappa shape index (κ3) is 8.75. The van der Waals surface area contributed by atoms with Crippen LogP contribution >= 0.6 is 0 Å². The standard InChI is InChI=1S/C38H55N5O3/c1-2-3-4-5-6-7-8-9-10-11-12-13-14-19-35(45)43(32-17-15-22-39-27-32)28-34(44)41-31-21-20-29-25-38(26-30(29)24-31)33-18-16-23-40-36(33)42-37(38)46/h16,18,20-21,23-24,32,39H,2-15,17,19,22,25-28H2,1H3,(H,41,44)(H,40,42,46)/t32-,38-/m1/s1. The van der Waals surface area contributed by atoms with Gasteiger partial charge in [0, 0.05) is 36.5 Å². The summed E-state index contributed by atoms with van der Waals surface area (Å²) in [6.07, 6.45) is 21.9. The molecule has 1 aromatic carbocycles. The highest BCUT2D eigenvalue weighted by Crippen LogP contribution is 2.46. The normalized spacial score (nSPS) is 19.9. The van der Waals surface area contributed by atoms with Gasteiger partial charge in [-0.2, -0.15) is 0 Å². The van der Waals surface area contributed by atoms with E-state index in [1.165, 1.54) is 70.6 Å². The van der Waals surface area contributed by atoms with E-state index in [-0.39, 0.29) is 30.3 Å². The second-order valence-corrected chi connectivity index (χ2v) is 13.8. The number of hydrogen-bond donors (Lipinski definition) is 3. The molecule has 1 fully saturated rings. The summed E-state index contributed by atoms with van der Waals surface area (Å²) in [6, 6.07) is 9.83. The first-order valence-corrected chi connectivity index (χ1v) is 18.2. The molecular weight excluding hydrogens is 574 g/mol. The fraction of sp³-hybridized carbons (Fsp3) is 0.632. The number of benzene rings is 1. The van der Waals surface area contributed by atoms with Gasteiger partial charge in [-0.25, -0.2) is 4.98 Å². The lowest BCUT2D eigenvalue weighted by atomic mass is 9.79. The Bertz CT molecular complexity index is 1320. The van der Waals surface area contributed by atoms with E-state index in [9.17, 15) is 14.4 Å². The highest BCUT2D eigenvalue weighted by Gasteiger charge is 2.51. The first-order chi connectivity index (χ1) is 22.5. The summed E-state index contributed by atoms with van der Waals surface area (Å²) < 4.78 is 0. The third-order valence-electron chi connectivity index (χ3n) is 10.3. The number of pyridine rings is 1. The molecule has 2 aromatic rings. The minimum Gasteiger partial charge on any atom is -0.329 e. The molecular formula is C38H55N5O3. The monoisotopic (exact) mass is 629 g/mol. The zero-order valence-electron chi connectivity index (χ0n) is 28.0. The maximum atomic E-state index is 13.4. The summed E-state index contributed by atoms with van der Waals surface area (Å²) in [5.41, 5.74) is 3.19. The van der Waals surface area contributed by atoms with E-state index in [1.807, 2.05) is 35.2 Å². The van der Waals surface area contributed by atoms with Gasteiger partial charge in [-0.3, -0.25) is 14.4 Å². The van der Waals surface area contributed by atoms with Crippen LogP contribution < -0.4 is 16.0 Å². The number of amides is 3. The van der Waals surface area contributed by atoms with Crippen LogP contribution in [0.1, 0.15) is 126 Å². The highest BCUT2D eigenvalue weighted by molar-refractivity contribution is 6.06. The second-order valence-electron chi connectivity index (χ2n) is 13.8. The quantitative estimate of drug-likeness (QED) is 0.153.